The number of rotatable bonds is 6. The van der Waals surface area contributed by atoms with Crippen molar-refractivity contribution in [3.63, 3.8) is 0 Å². The molecule has 134 valence electrons. The molecule has 0 aliphatic carbocycles. The van der Waals surface area contributed by atoms with Crippen LogP contribution in [-0.2, 0) is 9.59 Å². The van der Waals surface area contributed by atoms with E-state index >= 15 is 0 Å². The molecule has 1 aliphatic heterocycles. The number of amides is 2. The van der Waals surface area contributed by atoms with Gasteiger partial charge in [0, 0.05) is 17.8 Å². The average molecular weight is 353 g/mol. The first kappa shape index (κ1) is 18.9. The first-order valence-corrected chi connectivity index (χ1v) is 9.49. The predicted molar refractivity (Wildman–Crippen MR) is 97.1 cm³/mol. The Morgan fingerprint density at radius 3 is 2.54 bits per heavy atom. The Balaban J connectivity index is 1.77. The van der Waals surface area contributed by atoms with Crippen LogP contribution in [0.15, 0.2) is 5.38 Å². The summed E-state index contributed by atoms with van der Waals surface area (Å²) in [4.78, 5) is 30.9. The summed E-state index contributed by atoms with van der Waals surface area (Å²) in [5.41, 5.74) is 0.923. The Morgan fingerprint density at radius 2 is 2.00 bits per heavy atom. The Hall–Kier alpha value is -1.47. The number of nitrogens with zero attached hydrogens (tertiary/aromatic N) is 2. The second-order valence-electron chi connectivity index (χ2n) is 6.91. The van der Waals surface area contributed by atoms with Crippen LogP contribution in [0.1, 0.15) is 39.3 Å². The molecule has 1 aromatic heterocycles. The number of carbonyl (C=O) groups excluding carboxylic acids is 2. The van der Waals surface area contributed by atoms with Crippen LogP contribution >= 0.6 is 11.3 Å². The fraction of sp³-hybridized carbons (Fsp3) is 0.706. The molecule has 1 saturated heterocycles. The molecule has 0 radical (unpaired) electrons. The van der Waals surface area contributed by atoms with Crippen LogP contribution in [0.2, 0.25) is 0 Å². The lowest BCUT2D eigenvalue weighted by molar-refractivity contribution is -0.127. The van der Waals surface area contributed by atoms with E-state index in [2.05, 4.69) is 34.4 Å². The van der Waals surface area contributed by atoms with Gasteiger partial charge in [0.15, 0.2) is 5.13 Å². The van der Waals surface area contributed by atoms with Crippen molar-refractivity contribution < 1.29 is 9.59 Å². The lowest BCUT2D eigenvalue weighted by atomic mass is 9.95. The molecule has 2 N–H and O–H groups in total. The lowest BCUT2D eigenvalue weighted by Crippen LogP contribution is -2.49. The second-order valence-corrected chi connectivity index (χ2v) is 7.77. The third-order valence-electron chi connectivity index (χ3n) is 4.36. The highest BCUT2D eigenvalue weighted by Crippen LogP contribution is 2.22. The summed E-state index contributed by atoms with van der Waals surface area (Å²) in [6.45, 7) is 10.3. The molecule has 2 amide bonds. The molecule has 0 saturated carbocycles. The monoisotopic (exact) mass is 352 g/mol. The first-order chi connectivity index (χ1) is 11.4. The number of hydrogen-bond donors (Lipinski definition) is 2. The van der Waals surface area contributed by atoms with Gasteiger partial charge in [-0.3, -0.25) is 14.5 Å². The lowest BCUT2D eigenvalue weighted by Gasteiger charge is -2.34. The first-order valence-electron chi connectivity index (χ1n) is 8.61. The summed E-state index contributed by atoms with van der Waals surface area (Å²) in [6.07, 6.45) is 1.55. The molecule has 2 rings (SSSR count). The molecule has 24 heavy (non-hydrogen) atoms. The number of carbonyl (C=O) groups is 2. The van der Waals surface area contributed by atoms with Gasteiger partial charge in [0.25, 0.3) is 0 Å². The van der Waals surface area contributed by atoms with Crippen molar-refractivity contribution in [2.45, 2.75) is 46.6 Å². The van der Waals surface area contributed by atoms with Crippen LogP contribution in [0, 0.1) is 18.8 Å². The smallest absolute Gasteiger partial charge is 0.237 e. The van der Waals surface area contributed by atoms with Crippen LogP contribution in [-0.4, -0.2) is 47.4 Å². The van der Waals surface area contributed by atoms with E-state index in [9.17, 15) is 9.59 Å². The van der Waals surface area contributed by atoms with Crippen molar-refractivity contribution in [2.75, 3.05) is 25.0 Å². The molecule has 1 atom stereocenters. The highest BCUT2D eigenvalue weighted by Gasteiger charge is 2.30. The molecule has 7 heteroatoms. The number of aryl methyl sites for hydroxylation is 1. The standard InChI is InChI=1S/C17H28N4O2S/c1-11(2)9-18-15(22)13(4)21-7-5-14(6-8-21)16(23)20-17-19-12(3)10-24-17/h10-11,13-14H,5-9H2,1-4H3,(H,18,22)(H,19,20,23). The highest BCUT2D eigenvalue weighted by atomic mass is 32.1. The number of thiazole rings is 1. The molecular weight excluding hydrogens is 324 g/mol. The fourth-order valence-electron chi connectivity index (χ4n) is 2.79. The van der Waals surface area contributed by atoms with E-state index in [1.807, 2.05) is 19.2 Å². The molecule has 0 spiro atoms. The Morgan fingerprint density at radius 1 is 1.33 bits per heavy atom. The van der Waals surface area contributed by atoms with Gasteiger partial charge in [-0.25, -0.2) is 4.98 Å². The number of aromatic nitrogens is 1. The summed E-state index contributed by atoms with van der Waals surface area (Å²) in [7, 11) is 0. The van der Waals surface area contributed by atoms with E-state index in [1.54, 1.807) is 0 Å². The van der Waals surface area contributed by atoms with Gasteiger partial charge >= 0.3 is 0 Å². The van der Waals surface area contributed by atoms with E-state index < -0.39 is 0 Å². The zero-order chi connectivity index (χ0) is 17.7. The number of nitrogens with one attached hydrogen (secondary N) is 2. The summed E-state index contributed by atoms with van der Waals surface area (Å²) in [5, 5.41) is 8.48. The molecule has 0 bridgehead atoms. The highest BCUT2D eigenvalue weighted by molar-refractivity contribution is 7.13. The van der Waals surface area contributed by atoms with Crippen LogP contribution in [0.25, 0.3) is 0 Å². The van der Waals surface area contributed by atoms with E-state index in [-0.39, 0.29) is 23.8 Å². The van der Waals surface area contributed by atoms with Crippen LogP contribution in [0.3, 0.4) is 0 Å². The van der Waals surface area contributed by atoms with Crippen molar-refractivity contribution in [1.29, 1.82) is 0 Å². The van der Waals surface area contributed by atoms with Gasteiger partial charge in [0.2, 0.25) is 11.8 Å². The molecule has 1 aromatic rings. The zero-order valence-corrected chi connectivity index (χ0v) is 15.8. The van der Waals surface area contributed by atoms with Crippen molar-refractivity contribution in [3.8, 4) is 0 Å². The predicted octanol–water partition coefficient (Wildman–Crippen LogP) is 2.26. The molecule has 0 aromatic carbocycles. The fourth-order valence-corrected chi connectivity index (χ4v) is 3.48. The Kier molecular flexibility index (Phi) is 6.74. The van der Waals surface area contributed by atoms with E-state index in [1.165, 1.54) is 11.3 Å². The van der Waals surface area contributed by atoms with E-state index in [0.29, 0.717) is 17.6 Å². The van der Waals surface area contributed by atoms with Gasteiger partial charge in [-0.2, -0.15) is 0 Å². The minimum absolute atomic E-state index is 0.00335. The van der Waals surface area contributed by atoms with Crippen molar-refractivity contribution in [2.24, 2.45) is 11.8 Å². The van der Waals surface area contributed by atoms with Crippen LogP contribution in [0.4, 0.5) is 5.13 Å². The Bertz CT molecular complexity index is 565. The Labute approximate surface area is 148 Å². The van der Waals surface area contributed by atoms with E-state index in [4.69, 9.17) is 0 Å². The maximum absolute atomic E-state index is 12.3. The summed E-state index contributed by atoms with van der Waals surface area (Å²) in [6, 6.07) is -0.144. The molecule has 2 heterocycles. The van der Waals surface area contributed by atoms with Gasteiger partial charge in [-0.15, -0.1) is 11.3 Å². The van der Waals surface area contributed by atoms with Crippen LogP contribution < -0.4 is 10.6 Å². The van der Waals surface area contributed by atoms with Gasteiger partial charge < -0.3 is 10.6 Å². The average Bonchev–Trinajstić information content (AvgIpc) is 2.96. The minimum atomic E-state index is -0.144. The molecular formula is C17H28N4O2S. The number of piperidine rings is 1. The molecule has 6 nitrogen and oxygen atoms in total. The maximum Gasteiger partial charge on any atom is 0.237 e. The van der Waals surface area contributed by atoms with Crippen LogP contribution in [0.5, 0.6) is 0 Å². The second kappa shape index (κ2) is 8.58. The number of hydrogen-bond acceptors (Lipinski definition) is 5. The molecule has 1 fully saturated rings. The third kappa shape index (κ3) is 5.27. The van der Waals surface area contributed by atoms with Gasteiger partial charge in [0.1, 0.15) is 0 Å². The number of likely N-dealkylation sites (tertiary alicyclic amines) is 1. The quantitative estimate of drug-likeness (QED) is 0.823. The van der Waals surface area contributed by atoms with E-state index in [0.717, 1.165) is 31.6 Å². The normalized spacial score (nSPS) is 17.7. The topological polar surface area (TPSA) is 74.3 Å². The van der Waals surface area contributed by atoms with Gasteiger partial charge in [-0.1, -0.05) is 13.8 Å². The summed E-state index contributed by atoms with van der Waals surface area (Å²) >= 11 is 1.45. The van der Waals surface area contributed by atoms with Gasteiger partial charge in [0.05, 0.1) is 11.7 Å². The molecule has 1 aliphatic rings. The summed E-state index contributed by atoms with van der Waals surface area (Å²) in [5.74, 6) is 0.562. The van der Waals surface area contributed by atoms with Crippen molar-refractivity contribution in [3.05, 3.63) is 11.1 Å². The third-order valence-corrected chi connectivity index (χ3v) is 5.24. The largest absolute Gasteiger partial charge is 0.354 e. The minimum Gasteiger partial charge on any atom is -0.354 e. The summed E-state index contributed by atoms with van der Waals surface area (Å²) < 4.78 is 0. The maximum atomic E-state index is 12.3. The SMILES string of the molecule is Cc1csc(NC(=O)C2CCN(C(C)C(=O)NCC(C)C)CC2)n1. The number of anilines is 1. The zero-order valence-electron chi connectivity index (χ0n) is 15.0. The van der Waals surface area contributed by atoms with Crippen molar-refractivity contribution in [1.82, 2.24) is 15.2 Å². The van der Waals surface area contributed by atoms with Gasteiger partial charge in [-0.05, 0) is 45.7 Å². The van der Waals surface area contributed by atoms with Crippen molar-refractivity contribution >= 4 is 28.3 Å². The molecule has 1 unspecified atom stereocenters.